The summed E-state index contributed by atoms with van der Waals surface area (Å²) in [5.74, 6) is 0. The Morgan fingerprint density at radius 2 is 2.40 bits per heavy atom. The molecule has 0 fully saturated rings. The molecule has 0 bridgehead atoms. The van der Waals surface area contributed by atoms with Crippen LogP contribution < -0.4 is 0 Å². The van der Waals surface area contributed by atoms with Gasteiger partial charge in [-0.1, -0.05) is 6.58 Å². The van der Waals surface area contributed by atoms with Crippen molar-refractivity contribution in [2.75, 3.05) is 0 Å². The molecule has 0 spiro atoms. The summed E-state index contributed by atoms with van der Waals surface area (Å²) in [6, 6.07) is 1.73. The lowest BCUT2D eigenvalue weighted by molar-refractivity contribution is 1.02. The number of aliphatic imine (C=N–C) groups is 1. The quantitative estimate of drug-likeness (QED) is 0.572. The maximum Gasteiger partial charge on any atom is 0.111 e. The van der Waals surface area contributed by atoms with Crippen molar-refractivity contribution in [1.82, 2.24) is 10.2 Å². The summed E-state index contributed by atoms with van der Waals surface area (Å²) in [6.45, 7) is 6.92. The third-order valence-electron chi connectivity index (χ3n) is 1.09. The molecule has 3 nitrogen and oxygen atoms in total. The van der Waals surface area contributed by atoms with Gasteiger partial charge < -0.3 is 0 Å². The van der Waals surface area contributed by atoms with Crippen molar-refractivity contribution < 1.29 is 0 Å². The third kappa shape index (κ3) is 1.07. The van der Waals surface area contributed by atoms with Crippen LogP contribution in [0.25, 0.3) is 6.08 Å². The zero-order valence-electron chi connectivity index (χ0n) is 5.49. The van der Waals surface area contributed by atoms with Crippen LogP contribution in [0.2, 0.25) is 0 Å². The van der Waals surface area contributed by atoms with E-state index < -0.39 is 0 Å². The fourth-order valence-electron chi connectivity index (χ4n) is 0.615. The van der Waals surface area contributed by atoms with Crippen molar-refractivity contribution in [2.45, 2.75) is 0 Å². The number of hydrogen-bond donors (Lipinski definition) is 0. The molecular formula is C7H7N3. The summed E-state index contributed by atoms with van der Waals surface area (Å²) < 4.78 is 0. The molecule has 0 aliphatic heterocycles. The Morgan fingerprint density at radius 1 is 1.60 bits per heavy atom. The van der Waals surface area contributed by atoms with E-state index in [-0.39, 0.29) is 0 Å². The van der Waals surface area contributed by atoms with E-state index in [1.807, 2.05) is 0 Å². The normalized spacial score (nSPS) is 8.80. The summed E-state index contributed by atoms with van der Waals surface area (Å²) >= 11 is 0. The summed E-state index contributed by atoms with van der Waals surface area (Å²) in [7, 11) is 0. The first kappa shape index (κ1) is 6.61. The zero-order chi connectivity index (χ0) is 7.40. The molecule has 50 valence electrons. The molecule has 0 aliphatic carbocycles. The van der Waals surface area contributed by atoms with Gasteiger partial charge in [-0.2, -0.15) is 5.10 Å². The fourth-order valence-corrected chi connectivity index (χ4v) is 0.615. The second-order valence-electron chi connectivity index (χ2n) is 1.66. The van der Waals surface area contributed by atoms with E-state index in [9.17, 15) is 0 Å². The maximum atomic E-state index is 3.77. The van der Waals surface area contributed by atoms with Gasteiger partial charge in [-0.05, 0) is 18.9 Å². The van der Waals surface area contributed by atoms with Gasteiger partial charge in [0.25, 0.3) is 0 Å². The highest BCUT2D eigenvalue weighted by Crippen LogP contribution is 2.13. The summed E-state index contributed by atoms with van der Waals surface area (Å²) in [5, 5.41) is 7.42. The Labute approximate surface area is 59.1 Å². The highest BCUT2D eigenvalue weighted by atomic mass is 15.1. The molecule has 0 saturated heterocycles. The first-order valence-corrected chi connectivity index (χ1v) is 2.79. The van der Waals surface area contributed by atoms with E-state index in [1.165, 1.54) is 0 Å². The molecule has 3 heteroatoms. The lowest BCUT2D eigenvalue weighted by Gasteiger charge is -1.93. The van der Waals surface area contributed by atoms with Gasteiger partial charge in [-0.15, -0.1) is 5.10 Å². The monoisotopic (exact) mass is 133 g/mol. The van der Waals surface area contributed by atoms with Crippen LogP contribution in [0.15, 0.2) is 23.8 Å². The van der Waals surface area contributed by atoms with Crippen molar-refractivity contribution in [3.63, 3.8) is 0 Å². The minimum Gasteiger partial charge on any atom is -0.262 e. The minimum atomic E-state index is 0.664. The third-order valence-corrected chi connectivity index (χ3v) is 1.09. The summed E-state index contributed by atoms with van der Waals surface area (Å²) in [4.78, 5) is 3.72. The highest BCUT2D eigenvalue weighted by Gasteiger charge is 1.94. The average Bonchev–Trinajstić information content (AvgIpc) is 2.04. The first-order chi connectivity index (χ1) is 4.88. The first-order valence-electron chi connectivity index (χ1n) is 2.79. The molecule has 1 aromatic heterocycles. The second kappa shape index (κ2) is 2.87. The zero-order valence-corrected chi connectivity index (χ0v) is 5.49. The van der Waals surface area contributed by atoms with Gasteiger partial charge in [-0.3, -0.25) is 4.99 Å². The summed E-state index contributed by atoms with van der Waals surface area (Å²) in [6.07, 6.45) is 3.16. The Balaban J connectivity index is 3.20. The van der Waals surface area contributed by atoms with Gasteiger partial charge in [0.15, 0.2) is 0 Å². The van der Waals surface area contributed by atoms with Crippen molar-refractivity contribution in [3.8, 4) is 0 Å². The van der Waals surface area contributed by atoms with Crippen molar-refractivity contribution in [1.29, 1.82) is 0 Å². The molecule has 1 aromatic rings. The van der Waals surface area contributed by atoms with Crippen LogP contribution in [0.4, 0.5) is 5.69 Å². The molecule has 1 heterocycles. The molecule has 10 heavy (non-hydrogen) atoms. The van der Waals surface area contributed by atoms with Crippen molar-refractivity contribution in [2.24, 2.45) is 4.99 Å². The molecule has 0 unspecified atom stereocenters. The standard InChI is InChI=1S/C7H7N3/c1-3-6-7(8-2)4-5-9-10-6/h3-5H,1-2H2. The highest BCUT2D eigenvalue weighted by molar-refractivity contribution is 5.60. The number of rotatable bonds is 2. The van der Waals surface area contributed by atoms with Gasteiger partial charge in [0.1, 0.15) is 5.69 Å². The predicted octanol–water partition coefficient (Wildman–Crippen LogP) is 1.45. The average molecular weight is 133 g/mol. The molecule has 0 aliphatic rings. The van der Waals surface area contributed by atoms with Crippen LogP contribution in [0.3, 0.4) is 0 Å². The van der Waals surface area contributed by atoms with Crippen LogP contribution >= 0.6 is 0 Å². The van der Waals surface area contributed by atoms with E-state index in [2.05, 4.69) is 28.5 Å². The lowest BCUT2D eigenvalue weighted by atomic mass is 10.3. The smallest absolute Gasteiger partial charge is 0.111 e. The lowest BCUT2D eigenvalue weighted by Crippen LogP contribution is -1.83. The largest absolute Gasteiger partial charge is 0.262 e. The molecule has 0 atom stereocenters. The molecule has 0 N–H and O–H groups in total. The molecule has 0 amide bonds. The Hall–Kier alpha value is -1.51. The maximum absolute atomic E-state index is 3.77. The Morgan fingerprint density at radius 3 is 2.90 bits per heavy atom. The van der Waals surface area contributed by atoms with E-state index in [0.717, 1.165) is 0 Å². The predicted molar refractivity (Wildman–Crippen MR) is 41.3 cm³/mol. The van der Waals surface area contributed by atoms with Gasteiger partial charge >= 0.3 is 0 Å². The minimum absolute atomic E-state index is 0.664. The van der Waals surface area contributed by atoms with E-state index in [1.54, 1.807) is 18.3 Å². The SMILES string of the molecule is C=Cc1nnccc1N=C. The molecule has 0 aromatic carbocycles. The number of nitrogens with zero attached hydrogens (tertiary/aromatic N) is 3. The van der Waals surface area contributed by atoms with Gasteiger partial charge in [0, 0.05) is 0 Å². The van der Waals surface area contributed by atoms with E-state index >= 15 is 0 Å². The van der Waals surface area contributed by atoms with Gasteiger partial charge in [0.05, 0.1) is 11.9 Å². The van der Waals surface area contributed by atoms with Crippen molar-refractivity contribution in [3.05, 3.63) is 24.5 Å². The summed E-state index contributed by atoms with van der Waals surface area (Å²) in [5.41, 5.74) is 1.38. The van der Waals surface area contributed by atoms with Crippen LogP contribution in [-0.2, 0) is 0 Å². The van der Waals surface area contributed by atoms with Gasteiger partial charge in [0.2, 0.25) is 0 Å². The van der Waals surface area contributed by atoms with Crippen LogP contribution in [-0.4, -0.2) is 16.9 Å². The molecule has 0 radical (unpaired) electrons. The van der Waals surface area contributed by atoms with E-state index in [0.29, 0.717) is 11.4 Å². The number of aromatic nitrogens is 2. The second-order valence-corrected chi connectivity index (χ2v) is 1.66. The molecular weight excluding hydrogens is 126 g/mol. The fraction of sp³-hybridized carbons (Fsp3) is 0. The molecule has 0 saturated carbocycles. The van der Waals surface area contributed by atoms with Crippen LogP contribution in [0, 0.1) is 0 Å². The van der Waals surface area contributed by atoms with E-state index in [4.69, 9.17) is 0 Å². The van der Waals surface area contributed by atoms with Crippen LogP contribution in [0.5, 0.6) is 0 Å². The van der Waals surface area contributed by atoms with Crippen LogP contribution in [0.1, 0.15) is 5.69 Å². The van der Waals surface area contributed by atoms with Gasteiger partial charge in [-0.25, -0.2) is 0 Å². The van der Waals surface area contributed by atoms with Crippen molar-refractivity contribution >= 4 is 18.5 Å². The molecule has 1 rings (SSSR count). The number of hydrogen-bond acceptors (Lipinski definition) is 3. The topological polar surface area (TPSA) is 38.1 Å². The Kier molecular flexibility index (Phi) is 1.89. The Bertz CT molecular complexity index is 228.